The van der Waals surface area contributed by atoms with Crippen LogP contribution in [0.3, 0.4) is 0 Å². The van der Waals surface area contributed by atoms with Gasteiger partial charge in [-0.3, -0.25) is 9.71 Å². The summed E-state index contributed by atoms with van der Waals surface area (Å²) >= 11 is 1.65. The SMILES string of the molecule is C=Cc1cc(SNCCC(C)C)ccc1N=C.O.O. The fraction of sp³-hybridized carbons (Fsp3) is 0.357. The summed E-state index contributed by atoms with van der Waals surface area (Å²) in [5, 5.41) is 0. The lowest BCUT2D eigenvalue weighted by Gasteiger charge is -2.07. The van der Waals surface area contributed by atoms with E-state index in [-0.39, 0.29) is 11.0 Å². The zero-order chi connectivity index (χ0) is 12.7. The first-order chi connectivity index (χ1) is 8.17. The summed E-state index contributed by atoms with van der Waals surface area (Å²) in [7, 11) is 0. The first-order valence-corrected chi connectivity index (χ1v) is 6.62. The van der Waals surface area contributed by atoms with E-state index >= 15 is 0 Å². The Balaban J connectivity index is 0. The molecule has 5 N–H and O–H groups in total. The molecule has 5 heteroatoms. The van der Waals surface area contributed by atoms with Crippen LogP contribution in [0.2, 0.25) is 0 Å². The third kappa shape index (κ3) is 7.12. The van der Waals surface area contributed by atoms with Crippen LogP contribution in [0.25, 0.3) is 6.08 Å². The fourth-order valence-electron chi connectivity index (χ4n) is 1.39. The molecule has 4 nitrogen and oxygen atoms in total. The van der Waals surface area contributed by atoms with Gasteiger partial charge in [0.15, 0.2) is 0 Å². The molecule has 0 atom stereocenters. The van der Waals surface area contributed by atoms with E-state index in [1.54, 1.807) is 11.9 Å². The lowest BCUT2D eigenvalue weighted by atomic mass is 10.1. The molecule has 1 aromatic rings. The van der Waals surface area contributed by atoms with Crippen LogP contribution in [-0.2, 0) is 0 Å². The van der Waals surface area contributed by atoms with E-state index in [1.165, 1.54) is 11.3 Å². The first-order valence-electron chi connectivity index (χ1n) is 5.80. The van der Waals surface area contributed by atoms with Crippen molar-refractivity contribution in [2.24, 2.45) is 10.9 Å². The Morgan fingerprint density at radius 2 is 2.05 bits per heavy atom. The molecule has 0 unspecified atom stereocenters. The van der Waals surface area contributed by atoms with Crippen molar-refractivity contribution in [2.45, 2.75) is 25.2 Å². The van der Waals surface area contributed by atoms with Gasteiger partial charge in [-0.2, -0.15) is 0 Å². The second-order valence-electron chi connectivity index (χ2n) is 4.26. The van der Waals surface area contributed by atoms with Gasteiger partial charge in [-0.15, -0.1) is 0 Å². The molecule has 0 amide bonds. The highest BCUT2D eigenvalue weighted by Crippen LogP contribution is 2.25. The van der Waals surface area contributed by atoms with E-state index in [0.29, 0.717) is 0 Å². The van der Waals surface area contributed by atoms with Crippen LogP contribution in [0.1, 0.15) is 25.8 Å². The van der Waals surface area contributed by atoms with E-state index in [0.717, 1.165) is 23.7 Å². The van der Waals surface area contributed by atoms with E-state index in [4.69, 9.17) is 0 Å². The highest BCUT2D eigenvalue weighted by atomic mass is 32.2. The number of hydrogen-bond donors (Lipinski definition) is 1. The average Bonchev–Trinajstić information content (AvgIpc) is 2.34. The van der Waals surface area contributed by atoms with Gasteiger partial charge in [0.05, 0.1) is 5.69 Å². The van der Waals surface area contributed by atoms with Gasteiger partial charge in [0.2, 0.25) is 0 Å². The maximum Gasteiger partial charge on any atom is 0.0695 e. The predicted molar refractivity (Wildman–Crippen MR) is 86.3 cm³/mol. The minimum atomic E-state index is 0. The molecule has 1 rings (SSSR count). The maximum atomic E-state index is 3.95. The molecule has 0 aliphatic heterocycles. The van der Waals surface area contributed by atoms with Crippen molar-refractivity contribution in [3.05, 3.63) is 30.3 Å². The van der Waals surface area contributed by atoms with Gasteiger partial charge in [0, 0.05) is 17.0 Å². The van der Waals surface area contributed by atoms with Crippen molar-refractivity contribution in [3.8, 4) is 0 Å². The maximum absolute atomic E-state index is 3.95. The Bertz CT molecular complexity index is 395. The molecule has 19 heavy (non-hydrogen) atoms. The minimum Gasteiger partial charge on any atom is -0.412 e. The smallest absolute Gasteiger partial charge is 0.0695 e. The third-order valence-corrected chi connectivity index (χ3v) is 3.24. The zero-order valence-electron chi connectivity index (χ0n) is 11.6. The summed E-state index contributed by atoms with van der Waals surface area (Å²) in [4.78, 5) is 5.13. The van der Waals surface area contributed by atoms with Gasteiger partial charge in [-0.05, 0) is 49.2 Å². The molecule has 0 aliphatic rings. The van der Waals surface area contributed by atoms with Crippen molar-refractivity contribution in [2.75, 3.05) is 6.54 Å². The monoisotopic (exact) mass is 284 g/mol. The highest BCUT2D eigenvalue weighted by molar-refractivity contribution is 7.97. The molecule has 0 aliphatic carbocycles. The van der Waals surface area contributed by atoms with Crippen LogP contribution in [0.4, 0.5) is 5.69 Å². The Kier molecular flexibility index (Phi) is 11.4. The lowest BCUT2D eigenvalue weighted by molar-refractivity contribution is 0.585. The minimum absolute atomic E-state index is 0. The summed E-state index contributed by atoms with van der Waals surface area (Å²) < 4.78 is 3.36. The topological polar surface area (TPSA) is 87.4 Å². The molecule has 108 valence electrons. The predicted octanol–water partition coefficient (Wildman–Crippen LogP) is 2.66. The summed E-state index contributed by atoms with van der Waals surface area (Å²) in [6, 6.07) is 6.09. The van der Waals surface area contributed by atoms with Crippen molar-refractivity contribution in [3.63, 3.8) is 0 Å². The second kappa shape index (κ2) is 10.8. The third-order valence-electron chi connectivity index (χ3n) is 2.40. The molecule has 0 saturated carbocycles. The molecule has 0 bridgehead atoms. The van der Waals surface area contributed by atoms with E-state index in [1.807, 2.05) is 18.2 Å². The normalized spacial score (nSPS) is 9.42. The summed E-state index contributed by atoms with van der Waals surface area (Å²) in [5.74, 6) is 0.735. The van der Waals surface area contributed by atoms with E-state index in [2.05, 4.69) is 42.9 Å². The van der Waals surface area contributed by atoms with Gasteiger partial charge >= 0.3 is 0 Å². The quantitative estimate of drug-likeness (QED) is 0.474. The highest BCUT2D eigenvalue weighted by Gasteiger charge is 2.00. The Labute approximate surface area is 119 Å². The average molecular weight is 284 g/mol. The number of hydrogen-bond acceptors (Lipinski definition) is 3. The molecular weight excluding hydrogens is 260 g/mol. The van der Waals surface area contributed by atoms with Crippen LogP contribution in [0.5, 0.6) is 0 Å². The van der Waals surface area contributed by atoms with Gasteiger partial charge < -0.3 is 11.0 Å². The molecule has 1 aromatic carbocycles. The molecular formula is C14H24N2O2S. The number of aliphatic imine (C=N–C) groups is 1. The summed E-state index contributed by atoms with van der Waals surface area (Å²) in [6.45, 7) is 12.8. The summed E-state index contributed by atoms with van der Waals surface area (Å²) in [6.07, 6.45) is 3.00. The lowest BCUT2D eigenvalue weighted by Crippen LogP contribution is -2.07. The molecule has 0 radical (unpaired) electrons. The Morgan fingerprint density at radius 1 is 1.37 bits per heavy atom. The van der Waals surface area contributed by atoms with Crippen molar-refractivity contribution in [1.82, 2.24) is 4.72 Å². The molecule has 0 spiro atoms. The van der Waals surface area contributed by atoms with Gasteiger partial charge in [0.25, 0.3) is 0 Å². The summed E-state index contributed by atoms with van der Waals surface area (Å²) in [5.41, 5.74) is 1.90. The standard InChI is InChI=1S/C14H20N2S.2H2O/c1-5-12-10-13(6-7-14(12)15-4)17-16-9-8-11(2)3;;/h5-7,10-11,16H,1,4,8-9H2,2-3H3;2*1H2. The molecule has 0 aromatic heterocycles. The fourth-order valence-corrected chi connectivity index (χ4v) is 2.09. The second-order valence-corrected chi connectivity index (χ2v) is 5.23. The number of nitrogens with zero attached hydrogens (tertiary/aromatic N) is 1. The van der Waals surface area contributed by atoms with E-state index < -0.39 is 0 Å². The van der Waals surface area contributed by atoms with Crippen LogP contribution >= 0.6 is 11.9 Å². The first kappa shape index (κ1) is 20.2. The Hall–Kier alpha value is -1.14. The van der Waals surface area contributed by atoms with Gasteiger partial charge in [-0.1, -0.05) is 26.5 Å². The zero-order valence-corrected chi connectivity index (χ0v) is 12.4. The van der Waals surface area contributed by atoms with Crippen molar-refractivity contribution in [1.29, 1.82) is 0 Å². The van der Waals surface area contributed by atoms with E-state index in [9.17, 15) is 0 Å². The Morgan fingerprint density at radius 3 is 2.58 bits per heavy atom. The van der Waals surface area contributed by atoms with Gasteiger partial charge in [-0.25, -0.2) is 0 Å². The largest absolute Gasteiger partial charge is 0.412 e. The van der Waals surface area contributed by atoms with Crippen LogP contribution in [0, 0.1) is 5.92 Å². The number of rotatable bonds is 7. The van der Waals surface area contributed by atoms with Crippen molar-refractivity contribution < 1.29 is 11.0 Å². The number of nitrogens with one attached hydrogen (secondary N) is 1. The van der Waals surface area contributed by atoms with Crippen LogP contribution in [0.15, 0.2) is 34.7 Å². The van der Waals surface area contributed by atoms with Crippen LogP contribution in [-0.4, -0.2) is 24.2 Å². The molecule has 0 heterocycles. The molecule has 0 saturated heterocycles. The van der Waals surface area contributed by atoms with Crippen LogP contribution < -0.4 is 4.72 Å². The van der Waals surface area contributed by atoms with Gasteiger partial charge in [0.1, 0.15) is 0 Å². The number of benzene rings is 1. The van der Waals surface area contributed by atoms with Crippen molar-refractivity contribution >= 4 is 30.4 Å². The molecule has 0 fully saturated rings.